The van der Waals surface area contributed by atoms with Gasteiger partial charge in [-0.1, -0.05) is 30.7 Å². The van der Waals surface area contributed by atoms with Gasteiger partial charge in [-0.3, -0.25) is 4.79 Å². The lowest BCUT2D eigenvalue weighted by Crippen LogP contribution is -2.51. The third-order valence-corrected chi connectivity index (χ3v) is 8.35. The van der Waals surface area contributed by atoms with Crippen LogP contribution in [0.5, 0.6) is 0 Å². The molecule has 1 aromatic carbocycles. The first-order chi connectivity index (χ1) is 15.8. The lowest BCUT2D eigenvalue weighted by Gasteiger charge is -2.33. The van der Waals surface area contributed by atoms with Crippen molar-refractivity contribution in [3.8, 4) is 6.07 Å². The molecule has 1 aliphatic carbocycles. The quantitative estimate of drug-likeness (QED) is 0.647. The molecule has 2 aliphatic rings. The highest BCUT2D eigenvalue weighted by atomic mass is 35.5. The number of nitrogens with one attached hydrogen (secondary N) is 1. The van der Waals surface area contributed by atoms with E-state index in [0.29, 0.717) is 37.7 Å². The van der Waals surface area contributed by atoms with Crippen LogP contribution in [0.25, 0.3) is 6.08 Å². The minimum Gasteiger partial charge on any atom is -0.341 e. The Bertz CT molecular complexity index is 1220. The Labute approximate surface area is 199 Å². The number of fused-ring (bicyclic) bond motifs is 1. The minimum atomic E-state index is -4.04. The zero-order valence-electron chi connectivity index (χ0n) is 18.5. The molecule has 1 amide bonds. The Kier molecular flexibility index (Phi) is 6.94. The second-order valence-corrected chi connectivity index (χ2v) is 10.8. The van der Waals surface area contributed by atoms with Crippen molar-refractivity contribution in [1.82, 2.24) is 14.2 Å². The van der Waals surface area contributed by atoms with Crippen molar-refractivity contribution in [2.75, 3.05) is 13.1 Å². The van der Waals surface area contributed by atoms with E-state index in [4.69, 9.17) is 11.6 Å². The molecule has 4 rings (SSSR count). The zero-order valence-corrected chi connectivity index (χ0v) is 20.1. The summed E-state index contributed by atoms with van der Waals surface area (Å²) in [5.74, 6) is 0.302. The maximum atomic E-state index is 13.4. The number of benzene rings is 1. The molecule has 0 spiro atoms. The number of nitriles is 1. The predicted molar refractivity (Wildman–Crippen MR) is 127 cm³/mol. The summed E-state index contributed by atoms with van der Waals surface area (Å²) in [5.41, 5.74) is 2.26. The van der Waals surface area contributed by atoms with Crippen LogP contribution in [-0.4, -0.2) is 42.9 Å². The van der Waals surface area contributed by atoms with Crippen LogP contribution >= 0.6 is 11.6 Å². The minimum absolute atomic E-state index is 0.0182. The van der Waals surface area contributed by atoms with Gasteiger partial charge < -0.3 is 9.47 Å². The van der Waals surface area contributed by atoms with E-state index in [1.165, 1.54) is 0 Å². The maximum absolute atomic E-state index is 13.4. The van der Waals surface area contributed by atoms with Crippen LogP contribution in [0.2, 0.25) is 5.02 Å². The van der Waals surface area contributed by atoms with E-state index < -0.39 is 16.1 Å². The van der Waals surface area contributed by atoms with Gasteiger partial charge in [-0.05, 0) is 67.0 Å². The van der Waals surface area contributed by atoms with E-state index in [9.17, 15) is 18.5 Å². The number of aryl methyl sites for hydroxylation is 1. The summed E-state index contributed by atoms with van der Waals surface area (Å²) in [7, 11) is -4.04. The summed E-state index contributed by atoms with van der Waals surface area (Å²) in [6.45, 7) is 3.70. The lowest BCUT2D eigenvalue weighted by molar-refractivity contribution is -0.134. The second kappa shape index (κ2) is 9.72. The van der Waals surface area contributed by atoms with E-state index in [0.717, 1.165) is 24.0 Å². The Hall–Kier alpha value is -2.60. The maximum Gasteiger partial charge on any atom is 0.242 e. The monoisotopic (exact) mass is 486 g/mol. The molecule has 9 heteroatoms. The Morgan fingerprint density at radius 3 is 2.82 bits per heavy atom. The molecular formula is C24H27ClN4O3S. The fourth-order valence-corrected chi connectivity index (χ4v) is 6.18. The summed E-state index contributed by atoms with van der Waals surface area (Å²) in [4.78, 5) is 15.1. The average Bonchev–Trinajstić information content (AvgIpc) is 3.44. The second-order valence-electron chi connectivity index (χ2n) is 8.76. The summed E-state index contributed by atoms with van der Waals surface area (Å²) < 4.78 is 31.0. The van der Waals surface area contributed by atoms with E-state index in [2.05, 4.69) is 17.7 Å². The summed E-state index contributed by atoms with van der Waals surface area (Å²) in [5, 5.41) is 9.40. The van der Waals surface area contributed by atoms with Crippen LogP contribution in [0.15, 0.2) is 41.4 Å². The first-order valence-electron chi connectivity index (χ1n) is 11.1. The molecule has 0 bridgehead atoms. The lowest BCUT2D eigenvalue weighted by atomic mass is 9.98. The summed E-state index contributed by atoms with van der Waals surface area (Å²) >= 11 is 6.33. The molecular weight excluding hydrogens is 460 g/mol. The van der Waals surface area contributed by atoms with Crippen LogP contribution in [0.3, 0.4) is 0 Å². The van der Waals surface area contributed by atoms with Crippen molar-refractivity contribution in [2.24, 2.45) is 5.92 Å². The molecule has 1 N–H and O–H groups in total. The van der Waals surface area contributed by atoms with Crippen LogP contribution in [-0.2, 0) is 27.8 Å². The number of carbonyl (C=O) groups is 1. The van der Waals surface area contributed by atoms with Crippen molar-refractivity contribution in [2.45, 2.75) is 50.1 Å². The number of halogens is 1. The number of piperidine rings is 1. The van der Waals surface area contributed by atoms with E-state index in [1.54, 1.807) is 39.9 Å². The topological polar surface area (TPSA) is 95.2 Å². The third kappa shape index (κ3) is 5.16. The van der Waals surface area contributed by atoms with Crippen molar-refractivity contribution in [1.29, 1.82) is 5.26 Å². The number of carbonyl (C=O) groups excluding carboxylic acids is 1. The van der Waals surface area contributed by atoms with Crippen LogP contribution in [0.4, 0.5) is 0 Å². The largest absolute Gasteiger partial charge is 0.341 e. The number of rotatable bonds is 7. The van der Waals surface area contributed by atoms with Gasteiger partial charge in [0.1, 0.15) is 22.7 Å². The van der Waals surface area contributed by atoms with E-state index in [-0.39, 0.29) is 22.2 Å². The fourth-order valence-electron chi connectivity index (χ4n) is 4.37. The number of amides is 1. The third-order valence-electron chi connectivity index (χ3n) is 6.41. The smallest absolute Gasteiger partial charge is 0.242 e. The Morgan fingerprint density at radius 1 is 1.33 bits per heavy atom. The summed E-state index contributed by atoms with van der Waals surface area (Å²) in [6.07, 6.45) is 8.28. The van der Waals surface area contributed by atoms with Gasteiger partial charge in [-0.25, -0.2) is 8.42 Å². The molecule has 0 radical (unpaired) electrons. The molecule has 0 saturated carbocycles. The number of sulfonamides is 1. The number of allylic oxidation sites excluding steroid dienone is 1. The molecule has 2 aromatic rings. The molecule has 1 aromatic heterocycles. The standard InChI is InChI=1S/C24H27ClN4O3S/c1-17-7-11-29(12-8-17)24(30)22(9-13-28-10-3-6-20(28)16-26)27-33(31,32)23-15-19-5-2-4-18(19)14-21(23)25/h2-4,6,10,14-15,17,22,27H,5,7-9,11-13H2,1H3. The van der Waals surface area contributed by atoms with E-state index in [1.807, 2.05) is 12.2 Å². The van der Waals surface area contributed by atoms with Gasteiger partial charge in [-0.15, -0.1) is 0 Å². The average molecular weight is 487 g/mol. The van der Waals surface area contributed by atoms with Crippen LogP contribution in [0.1, 0.15) is 43.0 Å². The van der Waals surface area contributed by atoms with Gasteiger partial charge in [0.25, 0.3) is 0 Å². The van der Waals surface area contributed by atoms with Gasteiger partial charge >= 0.3 is 0 Å². The van der Waals surface area contributed by atoms with E-state index >= 15 is 0 Å². The van der Waals surface area contributed by atoms with Crippen molar-refractivity contribution < 1.29 is 13.2 Å². The Balaban J connectivity index is 1.58. The van der Waals surface area contributed by atoms with Gasteiger partial charge in [0.05, 0.1) is 5.02 Å². The van der Waals surface area contributed by atoms with Crippen LogP contribution < -0.4 is 4.72 Å². The number of likely N-dealkylation sites (tertiary alicyclic amines) is 1. The molecule has 1 aliphatic heterocycles. The molecule has 2 heterocycles. The molecule has 7 nitrogen and oxygen atoms in total. The SMILES string of the molecule is CC1CCN(C(=O)C(CCn2cccc2C#N)NS(=O)(=O)c2cc3c(cc2Cl)C=CC3)CC1. The summed E-state index contributed by atoms with van der Waals surface area (Å²) in [6, 6.07) is 7.83. The number of hydrogen-bond donors (Lipinski definition) is 1. The van der Waals surface area contributed by atoms with Gasteiger partial charge in [0.2, 0.25) is 15.9 Å². The zero-order chi connectivity index (χ0) is 23.6. The van der Waals surface area contributed by atoms with Gasteiger partial charge in [-0.2, -0.15) is 9.98 Å². The highest BCUT2D eigenvalue weighted by molar-refractivity contribution is 7.89. The predicted octanol–water partition coefficient (Wildman–Crippen LogP) is 3.58. The highest BCUT2D eigenvalue weighted by Gasteiger charge is 2.32. The molecule has 1 fully saturated rings. The van der Waals surface area contributed by atoms with Crippen LogP contribution in [0, 0.1) is 17.2 Å². The normalized spacial score (nSPS) is 17.1. The van der Waals surface area contributed by atoms with Crippen molar-refractivity contribution in [3.63, 3.8) is 0 Å². The highest BCUT2D eigenvalue weighted by Crippen LogP contribution is 2.30. The molecule has 1 atom stereocenters. The number of hydrogen-bond acceptors (Lipinski definition) is 4. The van der Waals surface area contributed by atoms with Gasteiger partial charge in [0.15, 0.2) is 0 Å². The first-order valence-corrected chi connectivity index (χ1v) is 13.0. The first kappa shape index (κ1) is 23.6. The molecule has 1 saturated heterocycles. The fraction of sp³-hybridized carbons (Fsp3) is 0.417. The molecule has 33 heavy (non-hydrogen) atoms. The van der Waals surface area contributed by atoms with Crippen molar-refractivity contribution >= 4 is 33.6 Å². The Morgan fingerprint density at radius 2 is 2.09 bits per heavy atom. The molecule has 1 unspecified atom stereocenters. The molecule has 174 valence electrons. The van der Waals surface area contributed by atoms with Gasteiger partial charge in [0, 0.05) is 25.8 Å². The number of nitrogens with zero attached hydrogens (tertiary/aromatic N) is 3. The van der Waals surface area contributed by atoms with Crippen molar-refractivity contribution in [3.05, 3.63) is 58.4 Å². The number of aromatic nitrogens is 1.